The third-order valence-electron chi connectivity index (χ3n) is 5.25. The highest BCUT2D eigenvalue weighted by molar-refractivity contribution is 7.88. The number of hydrogen-bond acceptors (Lipinski definition) is 5. The van der Waals surface area contributed by atoms with Gasteiger partial charge < -0.3 is 10.1 Å². The minimum Gasteiger partial charge on any atom is -0.462 e. The number of carbonyl (C=O) groups is 2. The Labute approximate surface area is 191 Å². The molecule has 1 aliphatic heterocycles. The van der Waals surface area contributed by atoms with Crippen molar-refractivity contribution in [2.45, 2.75) is 25.5 Å². The van der Waals surface area contributed by atoms with Crippen molar-refractivity contribution in [2.24, 2.45) is 5.92 Å². The molecule has 0 aliphatic carbocycles. The van der Waals surface area contributed by atoms with E-state index in [1.54, 1.807) is 25.1 Å². The summed E-state index contributed by atoms with van der Waals surface area (Å²) >= 11 is 5.96. The third kappa shape index (κ3) is 5.85. The van der Waals surface area contributed by atoms with Gasteiger partial charge in [-0.3, -0.25) is 4.79 Å². The number of ether oxygens (including phenoxy) is 1. The van der Waals surface area contributed by atoms with Crippen LogP contribution in [0.25, 0.3) is 0 Å². The molecule has 2 aromatic carbocycles. The monoisotopic (exact) mass is 482 g/mol. The number of nitrogens with zero attached hydrogens (tertiary/aromatic N) is 1. The number of hydrogen-bond donors (Lipinski definition) is 1. The molecule has 1 fully saturated rings. The van der Waals surface area contributed by atoms with Crippen LogP contribution in [0.15, 0.2) is 42.5 Å². The lowest BCUT2D eigenvalue weighted by atomic mass is 9.97. The van der Waals surface area contributed by atoms with E-state index in [2.05, 4.69) is 5.32 Å². The molecule has 3 rings (SSSR count). The van der Waals surface area contributed by atoms with E-state index in [-0.39, 0.29) is 42.1 Å². The Hall–Kier alpha value is -2.49. The number of rotatable bonds is 7. The van der Waals surface area contributed by atoms with Crippen molar-refractivity contribution in [1.82, 2.24) is 4.31 Å². The van der Waals surface area contributed by atoms with Gasteiger partial charge in [0.15, 0.2) is 0 Å². The summed E-state index contributed by atoms with van der Waals surface area (Å²) in [5.41, 5.74) is 0.734. The van der Waals surface area contributed by atoms with E-state index in [1.807, 2.05) is 0 Å². The van der Waals surface area contributed by atoms with Crippen molar-refractivity contribution < 1.29 is 27.1 Å². The topological polar surface area (TPSA) is 92.8 Å². The van der Waals surface area contributed by atoms with Crippen LogP contribution in [0, 0.1) is 11.7 Å². The van der Waals surface area contributed by atoms with Crippen molar-refractivity contribution in [3.8, 4) is 0 Å². The maximum Gasteiger partial charge on any atom is 0.338 e. The molecule has 1 saturated heterocycles. The molecule has 0 unspecified atom stereocenters. The van der Waals surface area contributed by atoms with Crippen LogP contribution in [-0.4, -0.2) is 44.3 Å². The zero-order valence-electron chi connectivity index (χ0n) is 17.5. The van der Waals surface area contributed by atoms with Gasteiger partial charge in [-0.25, -0.2) is 21.9 Å². The molecule has 0 atom stereocenters. The highest BCUT2D eigenvalue weighted by Gasteiger charge is 2.32. The van der Waals surface area contributed by atoms with E-state index < -0.39 is 27.6 Å². The summed E-state index contributed by atoms with van der Waals surface area (Å²) in [6, 6.07) is 10.5. The first-order valence-electron chi connectivity index (χ1n) is 10.2. The molecule has 172 valence electrons. The lowest BCUT2D eigenvalue weighted by molar-refractivity contribution is -0.120. The van der Waals surface area contributed by atoms with E-state index >= 15 is 0 Å². The molecule has 1 aliphatic rings. The van der Waals surface area contributed by atoms with Gasteiger partial charge in [-0.05, 0) is 50.1 Å². The first-order chi connectivity index (χ1) is 15.2. The fraction of sp³-hybridized carbons (Fsp3) is 0.364. The second-order valence-corrected chi connectivity index (χ2v) is 9.80. The maximum absolute atomic E-state index is 14.0. The highest BCUT2D eigenvalue weighted by atomic mass is 35.5. The number of anilines is 1. The SMILES string of the molecule is CCOC(=O)c1cccc(NC(=O)C2CCN(S(=O)(=O)Cc3c(F)cccc3Cl)CC2)c1. The summed E-state index contributed by atoms with van der Waals surface area (Å²) in [6.45, 7) is 2.26. The molecule has 2 aromatic rings. The number of benzene rings is 2. The summed E-state index contributed by atoms with van der Waals surface area (Å²) in [4.78, 5) is 24.5. The lowest BCUT2D eigenvalue weighted by Crippen LogP contribution is -2.42. The first-order valence-corrected chi connectivity index (χ1v) is 12.2. The lowest BCUT2D eigenvalue weighted by Gasteiger charge is -2.30. The summed E-state index contributed by atoms with van der Waals surface area (Å²) in [5, 5.41) is 2.84. The van der Waals surface area contributed by atoms with Crippen molar-refractivity contribution in [2.75, 3.05) is 25.0 Å². The number of sulfonamides is 1. The van der Waals surface area contributed by atoms with Gasteiger partial charge in [0.25, 0.3) is 0 Å². The van der Waals surface area contributed by atoms with Crippen molar-refractivity contribution in [3.05, 3.63) is 64.4 Å². The first kappa shape index (κ1) is 24.2. The number of carbonyl (C=O) groups excluding carboxylic acids is 2. The van der Waals surface area contributed by atoms with E-state index in [0.717, 1.165) is 0 Å². The van der Waals surface area contributed by atoms with Gasteiger partial charge in [-0.15, -0.1) is 0 Å². The molecule has 7 nitrogen and oxygen atoms in total. The highest BCUT2D eigenvalue weighted by Crippen LogP contribution is 2.26. The van der Waals surface area contributed by atoms with E-state index in [1.165, 1.54) is 28.6 Å². The molecule has 10 heteroatoms. The zero-order chi connectivity index (χ0) is 23.3. The van der Waals surface area contributed by atoms with Crippen molar-refractivity contribution >= 4 is 39.2 Å². The van der Waals surface area contributed by atoms with E-state index in [0.29, 0.717) is 24.1 Å². The van der Waals surface area contributed by atoms with Gasteiger partial charge in [0, 0.05) is 35.3 Å². The van der Waals surface area contributed by atoms with Gasteiger partial charge in [-0.1, -0.05) is 23.7 Å². The van der Waals surface area contributed by atoms with Crippen LogP contribution >= 0.6 is 11.6 Å². The molecular weight excluding hydrogens is 459 g/mol. The largest absolute Gasteiger partial charge is 0.462 e. The summed E-state index contributed by atoms with van der Waals surface area (Å²) in [7, 11) is -3.78. The van der Waals surface area contributed by atoms with Gasteiger partial charge in [0.1, 0.15) is 5.82 Å². The summed E-state index contributed by atoms with van der Waals surface area (Å²) in [5.74, 6) is -2.31. The fourth-order valence-corrected chi connectivity index (χ4v) is 5.44. The Morgan fingerprint density at radius 1 is 1.19 bits per heavy atom. The summed E-state index contributed by atoms with van der Waals surface area (Å²) < 4.78 is 45.7. The Balaban J connectivity index is 1.59. The molecule has 1 amide bonds. The number of esters is 1. The Morgan fingerprint density at radius 3 is 2.53 bits per heavy atom. The third-order valence-corrected chi connectivity index (χ3v) is 7.41. The van der Waals surface area contributed by atoms with Gasteiger partial charge >= 0.3 is 5.97 Å². The average molecular weight is 483 g/mol. The molecule has 1 heterocycles. The van der Waals surface area contributed by atoms with Gasteiger partial charge in [0.2, 0.25) is 15.9 Å². The van der Waals surface area contributed by atoms with Crippen LogP contribution in [-0.2, 0) is 25.3 Å². The average Bonchev–Trinajstić information content (AvgIpc) is 2.77. The minimum atomic E-state index is -3.78. The maximum atomic E-state index is 14.0. The van der Waals surface area contributed by atoms with Crippen LogP contribution in [0.4, 0.5) is 10.1 Å². The van der Waals surface area contributed by atoms with Gasteiger partial charge in [0.05, 0.1) is 17.9 Å². The van der Waals surface area contributed by atoms with Crippen molar-refractivity contribution in [1.29, 1.82) is 0 Å². The quantitative estimate of drug-likeness (QED) is 0.605. The smallest absolute Gasteiger partial charge is 0.338 e. The van der Waals surface area contributed by atoms with E-state index in [4.69, 9.17) is 16.3 Å². The zero-order valence-corrected chi connectivity index (χ0v) is 19.1. The van der Waals surface area contributed by atoms with Gasteiger partial charge in [-0.2, -0.15) is 0 Å². The number of amides is 1. The normalized spacial score (nSPS) is 15.3. The molecular formula is C22H24ClFN2O5S. The molecule has 0 aromatic heterocycles. The van der Waals surface area contributed by atoms with E-state index in [9.17, 15) is 22.4 Å². The molecule has 0 spiro atoms. The second-order valence-electron chi connectivity index (χ2n) is 7.42. The summed E-state index contributed by atoms with van der Waals surface area (Å²) in [6.07, 6.45) is 0.654. The Bertz CT molecular complexity index is 1080. The molecule has 0 saturated carbocycles. The minimum absolute atomic E-state index is 0.0597. The van der Waals surface area contributed by atoms with Crippen LogP contribution in [0.1, 0.15) is 35.7 Å². The Morgan fingerprint density at radius 2 is 1.88 bits per heavy atom. The predicted molar refractivity (Wildman–Crippen MR) is 119 cm³/mol. The standard InChI is InChI=1S/C22H24ClFN2O5S/c1-2-31-22(28)16-5-3-6-17(13-16)25-21(27)15-9-11-26(12-10-15)32(29,30)14-18-19(23)7-4-8-20(18)24/h3-8,13,15H,2,9-12,14H2,1H3,(H,25,27). The Kier molecular flexibility index (Phi) is 7.86. The van der Waals surface area contributed by atoms with Crippen LogP contribution < -0.4 is 5.32 Å². The fourth-order valence-electron chi connectivity index (χ4n) is 3.52. The van der Waals surface area contributed by atoms with Crippen LogP contribution in [0.3, 0.4) is 0 Å². The second kappa shape index (κ2) is 10.4. The molecule has 0 radical (unpaired) electrons. The predicted octanol–water partition coefficient (Wildman–Crippen LogP) is 3.84. The number of piperidine rings is 1. The molecule has 32 heavy (non-hydrogen) atoms. The molecule has 0 bridgehead atoms. The van der Waals surface area contributed by atoms with Crippen molar-refractivity contribution in [3.63, 3.8) is 0 Å². The number of halogens is 2. The molecule has 1 N–H and O–H groups in total. The van der Waals surface area contributed by atoms with Crippen LogP contribution in [0.2, 0.25) is 5.02 Å². The van der Waals surface area contributed by atoms with Crippen LogP contribution in [0.5, 0.6) is 0 Å². The number of nitrogens with one attached hydrogen (secondary N) is 1.